The van der Waals surface area contributed by atoms with Gasteiger partial charge in [0.05, 0.1) is 12.8 Å². The van der Waals surface area contributed by atoms with Crippen molar-refractivity contribution in [2.75, 3.05) is 26.7 Å². The number of aromatic nitrogens is 2. The standard InChI is InChI=1S/C12H18ClN3O/c1-3-16-6-4-5-9(8-16)11-7-10(13)12(17-2)15-14-11/h7,9H,3-6,8H2,1-2H3. The normalized spacial score (nSPS) is 21.5. The van der Waals surface area contributed by atoms with E-state index in [-0.39, 0.29) is 0 Å². The van der Waals surface area contributed by atoms with Crippen LogP contribution in [0.15, 0.2) is 6.07 Å². The second-order valence-corrected chi connectivity index (χ2v) is 4.77. The molecule has 1 atom stereocenters. The van der Waals surface area contributed by atoms with Crippen LogP contribution in [0.25, 0.3) is 0 Å². The molecule has 0 N–H and O–H groups in total. The van der Waals surface area contributed by atoms with Gasteiger partial charge in [0.25, 0.3) is 5.88 Å². The zero-order valence-corrected chi connectivity index (χ0v) is 11.1. The average molecular weight is 256 g/mol. The second kappa shape index (κ2) is 5.65. The number of rotatable bonds is 3. The van der Waals surface area contributed by atoms with Gasteiger partial charge in [-0.1, -0.05) is 18.5 Å². The summed E-state index contributed by atoms with van der Waals surface area (Å²) >= 11 is 6.08. The maximum atomic E-state index is 6.08. The zero-order valence-electron chi connectivity index (χ0n) is 10.3. The van der Waals surface area contributed by atoms with Crippen molar-refractivity contribution in [3.05, 3.63) is 16.8 Å². The molecule has 1 aliphatic heterocycles. The number of nitrogens with zero attached hydrogens (tertiary/aromatic N) is 3. The first-order valence-electron chi connectivity index (χ1n) is 6.04. The van der Waals surface area contributed by atoms with Gasteiger partial charge in [-0.3, -0.25) is 0 Å². The largest absolute Gasteiger partial charge is 0.479 e. The van der Waals surface area contributed by atoms with Crippen LogP contribution in [0, 0.1) is 0 Å². The summed E-state index contributed by atoms with van der Waals surface area (Å²) in [5.74, 6) is 0.846. The van der Waals surface area contributed by atoms with Crippen LogP contribution in [0.2, 0.25) is 5.02 Å². The van der Waals surface area contributed by atoms with E-state index in [0.717, 1.165) is 25.2 Å². The Morgan fingerprint density at radius 2 is 2.35 bits per heavy atom. The fourth-order valence-electron chi connectivity index (χ4n) is 2.29. The number of ether oxygens (including phenoxy) is 1. The van der Waals surface area contributed by atoms with E-state index in [1.165, 1.54) is 13.0 Å². The van der Waals surface area contributed by atoms with Gasteiger partial charge in [-0.15, -0.1) is 5.10 Å². The molecule has 1 aromatic heterocycles. The van der Waals surface area contributed by atoms with E-state index in [2.05, 4.69) is 22.0 Å². The van der Waals surface area contributed by atoms with Gasteiger partial charge < -0.3 is 9.64 Å². The monoisotopic (exact) mass is 255 g/mol. The third-order valence-electron chi connectivity index (χ3n) is 3.30. The highest BCUT2D eigenvalue weighted by molar-refractivity contribution is 6.31. The van der Waals surface area contributed by atoms with Crippen molar-refractivity contribution >= 4 is 11.6 Å². The number of likely N-dealkylation sites (N-methyl/N-ethyl adjacent to an activating group) is 1. The maximum Gasteiger partial charge on any atom is 0.252 e. The molecule has 0 aromatic carbocycles. The smallest absolute Gasteiger partial charge is 0.252 e. The van der Waals surface area contributed by atoms with Crippen LogP contribution >= 0.6 is 11.6 Å². The molecular formula is C12H18ClN3O. The number of hydrogen-bond donors (Lipinski definition) is 0. The van der Waals surface area contributed by atoms with Crippen LogP contribution in [-0.2, 0) is 0 Å². The van der Waals surface area contributed by atoms with Gasteiger partial charge in [0.2, 0.25) is 0 Å². The molecule has 0 saturated carbocycles. The maximum absolute atomic E-state index is 6.08. The first-order valence-corrected chi connectivity index (χ1v) is 6.41. The van der Waals surface area contributed by atoms with Crippen LogP contribution < -0.4 is 4.74 Å². The molecule has 0 radical (unpaired) electrons. The molecule has 2 rings (SSSR count). The van der Waals surface area contributed by atoms with Crippen LogP contribution in [0.1, 0.15) is 31.4 Å². The molecule has 1 unspecified atom stereocenters. The number of hydrogen-bond acceptors (Lipinski definition) is 4. The minimum absolute atomic E-state index is 0.401. The number of methoxy groups -OCH3 is 1. The minimum atomic E-state index is 0.401. The summed E-state index contributed by atoms with van der Waals surface area (Å²) in [4.78, 5) is 2.44. The van der Waals surface area contributed by atoms with E-state index in [9.17, 15) is 0 Å². The lowest BCUT2D eigenvalue weighted by atomic mass is 9.94. The summed E-state index contributed by atoms with van der Waals surface area (Å²) in [6.07, 6.45) is 2.37. The van der Waals surface area contributed by atoms with Gasteiger partial charge in [-0.2, -0.15) is 5.10 Å². The molecule has 1 saturated heterocycles. The molecule has 5 heteroatoms. The van der Waals surface area contributed by atoms with Gasteiger partial charge in [0.15, 0.2) is 0 Å². The lowest BCUT2D eigenvalue weighted by Gasteiger charge is -2.31. The Hall–Kier alpha value is -0.870. The lowest BCUT2D eigenvalue weighted by molar-refractivity contribution is 0.215. The van der Waals surface area contributed by atoms with Crippen LogP contribution in [-0.4, -0.2) is 41.8 Å². The third-order valence-corrected chi connectivity index (χ3v) is 3.57. The van der Waals surface area contributed by atoms with E-state index in [0.29, 0.717) is 16.8 Å². The van der Waals surface area contributed by atoms with Gasteiger partial charge in [-0.25, -0.2) is 0 Å². The molecule has 0 bridgehead atoms. The number of halogens is 1. The van der Waals surface area contributed by atoms with E-state index in [1.54, 1.807) is 7.11 Å². The van der Waals surface area contributed by atoms with Gasteiger partial charge in [-0.05, 0) is 32.0 Å². The Morgan fingerprint density at radius 1 is 1.53 bits per heavy atom. The van der Waals surface area contributed by atoms with Crippen LogP contribution in [0.4, 0.5) is 0 Å². The molecule has 1 fully saturated rings. The highest BCUT2D eigenvalue weighted by Gasteiger charge is 2.22. The van der Waals surface area contributed by atoms with Crippen molar-refractivity contribution in [2.45, 2.75) is 25.7 Å². The first-order chi connectivity index (χ1) is 8.24. The molecule has 94 valence electrons. The van der Waals surface area contributed by atoms with E-state index >= 15 is 0 Å². The number of likely N-dealkylation sites (tertiary alicyclic amines) is 1. The van der Waals surface area contributed by atoms with Gasteiger partial charge in [0.1, 0.15) is 5.02 Å². The highest BCUT2D eigenvalue weighted by Crippen LogP contribution is 2.29. The molecule has 0 amide bonds. The molecule has 0 spiro atoms. The first kappa shape index (κ1) is 12.6. The second-order valence-electron chi connectivity index (χ2n) is 4.36. The summed E-state index contributed by atoms with van der Waals surface area (Å²) in [6.45, 7) is 5.51. The predicted molar refractivity (Wildman–Crippen MR) is 67.7 cm³/mol. The molecule has 1 aliphatic rings. The number of piperidine rings is 1. The Bertz CT molecular complexity index is 386. The molecule has 2 heterocycles. The SMILES string of the molecule is CCN1CCCC(c2cc(Cl)c(OC)nn2)C1. The van der Waals surface area contributed by atoms with E-state index < -0.39 is 0 Å². The van der Waals surface area contributed by atoms with Gasteiger partial charge >= 0.3 is 0 Å². The molecular weight excluding hydrogens is 238 g/mol. The quantitative estimate of drug-likeness (QED) is 0.831. The topological polar surface area (TPSA) is 38.2 Å². The van der Waals surface area contributed by atoms with Crippen LogP contribution in [0.5, 0.6) is 5.88 Å². The Morgan fingerprint density at radius 3 is 3.00 bits per heavy atom. The predicted octanol–water partition coefficient (Wildman–Crippen LogP) is 2.34. The molecule has 1 aromatic rings. The zero-order chi connectivity index (χ0) is 12.3. The molecule has 17 heavy (non-hydrogen) atoms. The molecule has 4 nitrogen and oxygen atoms in total. The summed E-state index contributed by atoms with van der Waals surface area (Å²) in [6, 6.07) is 1.89. The molecule has 0 aliphatic carbocycles. The fraction of sp³-hybridized carbons (Fsp3) is 0.667. The van der Waals surface area contributed by atoms with Gasteiger partial charge in [0, 0.05) is 12.5 Å². The van der Waals surface area contributed by atoms with E-state index in [4.69, 9.17) is 16.3 Å². The van der Waals surface area contributed by atoms with Crippen molar-refractivity contribution < 1.29 is 4.74 Å². The van der Waals surface area contributed by atoms with Crippen molar-refractivity contribution in [3.8, 4) is 5.88 Å². The summed E-state index contributed by atoms with van der Waals surface area (Å²) in [5, 5.41) is 8.76. The summed E-state index contributed by atoms with van der Waals surface area (Å²) in [7, 11) is 1.55. The Kier molecular flexibility index (Phi) is 4.18. The fourth-order valence-corrected chi connectivity index (χ4v) is 2.52. The average Bonchev–Trinajstić information content (AvgIpc) is 2.38. The van der Waals surface area contributed by atoms with Crippen molar-refractivity contribution in [1.29, 1.82) is 0 Å². The summed E-state index contributed by atoms with van der Waals surface area (Å²) < 4.78 is 5.01. The minimum Gasteiger partial charge on any atom is -0.479 e. The Labute approximate surface area is 107 Å². The third kappa shape index (κ3) is 2.87. The summed E-state index contributed by atoms with van der Waals surface area (Å²) in [5.41, 5.74) is 0.981. The van der Waals surface area contributed by atoms with Crippen LogP contribution in [0.3, 0.4) is 0 Å². The highest BCUT2D eigenvalue weighted by atomic mass is 35.5. The Balaban J connectivity index is 2.13. The van der Waals surface area contributed by atoms with Crippen molar-refractivity contribution in [2.24, 2.45) is 0 Å². The lowest BCUT2D eigenvalue weighted by Crippen LogP contribution is -2.34. The van der Waals surface area contributed by atoms with E-state index in [1.807, 2.05) is 6.07 Å². The van der Waals surface area contributed by atoms with Crippen molar-refractivity contribution in [3.63, 3.8) is 0 Å². The van der Waals surface area contributed by atoms with Crippen molar-refractivity contribution in [1.82, 2.24) is 15.1 Å².